The lowest BCUT2D eigenvalue weighted by Crippen LogP contribution is -2.13. The molecule has 0 saturated heterocycles. The first-order valence-corrected chi connectivity index (χ1v) is 5.38. The molecule has 0 bridgehead atoms. The van der Waals surface area contributed by atoms with Crippen LogP contribution in [0.15, 0.2) is 12.1 Å². The summed E-state index contributed by atoms with van der Waals surface area (Å²) in [6.07, 6.45) is -1.98. The third-order valence-corrected chi connectivity index (χ3v) is 2.37. The van der Waals surface area contributed by atoms with E-state index < -0.39 is 13.0 Å². The van der Waals surface area contributed by atoms with Gasteiger partial charge in [-0.15, -0.1) is 0 Å². The fourth-order valence-electron chi connectivity index (χ4n) is 1.52. The summed E-state index contributed by atoms with van der Waals surface area (Å²) >= 11 is 0. The lowest BCUT2D eigenvalue weighted by atomic mass is 10.1. The van der Waals surface area contributed by atoms with Gasteiger partial charge in [0.25, 0.3) is 6.43 Å². The molecule has 0 atom stereocenters. The van der Waals surface area contributed by atoms with Gasteiger partial charge in [0.05, 0.1) is 16.9 Å². The molecule has 0 unspecified atom stereocenters. The minimum absolute atomic E-state index is 0.153. The summed E-state index contributed by atoms with van der Waals surface area (Å²) in [7, 11) is 5.36. The molecule has 0 aliphatic heterocycles. The number of hydrogen-bond donors (Lipinski definition) is 1. The first-order chi connectivity index (χ1) is 8.49. The summed E-state index contributed by atoms with van der Waals surface area (Å²) in [5.41, 5.74) is 1.73. The lowest BCUT2D eigenvalue weighted by molar-refractivity contribution is 0.0810. The molecule has 0 amide bonds. The molecule has 1 aromatic carbocycles. The van der Waals surface area contributed by atoms with Crippen LogP contribution in [0, 0.1) is 0 Å². The summed E-state index contributed by atoms with van der Waals surface area (Å²) in [6, 6.07) is 3.14. The van der Waals surface area contributed by atoms with Gasteiger partial charge in [0, 0.05) is 27.2 Å². The number of carbonyl (C=O) groups is 1. The fraction of sp³-hybridized carbons (Fsp3) is 0.417. The number of aldehydes is 1. The first-order valence-electron chi connectivity index (χ1n) is 5.38. The van der Waals surface area contributed by atoms with Crippen LogP contribution in [0.3, 0.4) is 0 Å². The van der Waals surface area contributed by atoms with Crippen LogP contribution in [0.4, 0.5) is 20.2 Å². The second kappa shape index (κ2) is 6.18. The minimum atomic E-state index is -2.57. The third kappa shape index (κ3) is 3.32. The molecule has 0 heterocycles. The van der Waals surface area contributed by atoms with E-state index in [0.717, 1.165) is 5.69 Å². The van der Waals surface area contributed by atoms with Gasteiger partial charge in [-0.1, -0.05) is 0 Å². The van der Waals surface area contributed by atoms with Crippen LogP contribution >= 0.6 is 0 Å². The van der Waals surface area contributed by atoms with Crippen LogP contribution in [0.1, 0.15) is 10.4 Å². The van der Waals surface area contributed by atoms with Crippen LogP contribution in [-0.2, 0) is 0 Å². The average molecular weight is 258 g/mol. The number of nitrogens with one attached hydrogen (secondary N) is 1. The van der Waals surface area contributed by atoms with Gasteiger partial charge >= 0.3 is 0 Å². The van der Waals surface area contributed by atoms with Crippen molar-refractivity contribution in [3.8, 4) is 5.75 Å². The van der Waals surface area contributed by atoms with E-state index in [4.69, 9.17) is 4.74 Å². The molecule has 6 heteroatoms. The summed E-state index contributed by atoms with van der Waals surface area (Å²) in [4.78, 5) is 12.8. The predicted octanol–water partition coefficient (Wildman–Crippen LogP) is 2.25. The van der Waals surface area contributed by atoms with Crippen molar-refractivity contribution in [2.45, 2.75) is 6.43 Å². The molecule has 100 valence electrons. The van der Waals surface area contributed by atoms with Crippen molar-refractivity contribution in [1.82, 2.24) is 0 Å². The number of alkyl halides is 2. The Morgan fingerprint density at radius 3 is 2.56 bits per heavy atom. The van der Waals surface area contributed by atoms with E-state index in [1.165, 1.54) is 0 Å². The van der Waals surface area contributed by atoms with Gasteiger partial charge in [-0.05, 0) is 6.07 Å². The SMILES string of the molecule is CNc1cc(OCC(F)F)c(C=O)cc1N(C)C. The standard InChI is InChI=1S/C12H16F2N2O2/c1-15-9-5-11(18-7-12(13)14)8(6-17)4-10(9)16(2)3/h4-6,12,15H,7H2,1-3H3. The largest absolute Gasteiger partial charge is 0.487 e. The van der Waals surface area contributed by atoms with Gasteiger partial charge in [0.1, 0.15) is 12.4 Å². The van der Waals surface area contributed by atoms with Crippen molar-refractivity contribution in [3.05, 3.63) is 17.7 Å². The number of benzene rings is 1. The number of anilines is 2. The van der Waals surface area contributed by atoms with Crippen LogP contribution in [0.5, 0.6) is 5.75 Å². The van der Waals surface area contributed by atoms with Gasteiger partial charge in [-0.3, -0.25) is 4.79 Å². The van der Waals surface area contributed by atoms with E-state index in [2.05, 4.69) is 5.32 Å². The van der Waals surface area contributed by atoms with E-state index in [0.29, 0.717) is 12.0 Å². The lowest BCUT2D eigenvalue weighted by Gasteiger charge is -2.19. The normalized spacial score (nSPS) is 10.3. The summed E-state index contributed by atoms with van der Waals surface area (Å²) in [6.45, 7) is -0.731. The maximum atomic E-state index is 12.1. The van der Waals surface area contributed by atoms with Gasteiger partial charge < -0.3 is 15.0 Å². The maximum Gasteiger partial charge on any atom is 0.272 e. The Balaban J connectivity index is 3.13. The van der Waals surface area contributed by atoms with E-state index in [9.17, 15) is 13.6 Å². The summed E-state index contributed by atoms with van der Waals surface area (Å²) in [5, 5.41) is 2.93. The number of halogens is 2. The molecule has 0 aliphatic rings. The van der Waals surface area contributed by atoms with E-state index >= 15 is 0 Å². The molecule has 1 N–H and O–H groups in total. The monoisotopic (exact) mass is 258 g/mol. The highest BCUT2D eigenvalue weighted by molar-refractivity contribution is 5.86. The highest BCUT2D eigenvalue weighted by Crippen LogP contribution is 2.32. The van der Waals surface area contributed by atoms with Crippen molar-refractivity contribution in [1.29, 1.82) is 0 Å². The van der Waals surface area contributed by atoms with Crippen LogP contribution in [0.25, 0.3) is 0 Å². The molecular formula is C12H16F2N2O2. The number of nitrogens with zero attached hydrogens (tertiary/aromatic N) is 1. The molecule has 0 saturated carbocycles. The molecule has 0 aliphatic carbocycles. The molecule has 0 spiro atoms. The highest BCUT2D eigenvalue weighted by atomic mass is 19.3. The Morgan fingerprint density at radius 2 is 2.11 bits per heavy atom. The van der Waals surface area contributed by atoms with Gasteiger partial charge in [0.15, 0.2) is 6.29 Å². The molecule has 4 nitrogen and oxygen atoms in total. The van der Waals surface area contributed by atoms with E-state index in [1.54, 1.807) is 19.2 Å². The van der Waals surface area contributed by atoms with Crippen molar-refractivity contribution in [2.24, 2.45) is 0 Å². The van der Waals surface area contributed by atoms with Gasteiger partial charge in [-0.2, -0.15) is 0 Å². The van der Waals surface area contributed by atoms with Crippen molar-refractivity contribution in [2.75, 3.05) is 38.0 Å². The molecule has 0 radical (unpaired) electrons. The Labute approximate surface area is 105 Å². The Bertz CT molecular complexity index is 423. The summed E-state index contributed by atoms with van der Waals surface area (Å²) in [5.74, 6) is 0.153. The Morgan fingerprint density at radius 1 is 1.44 bits per heavy atom. The van der Waals surface area contributed by atoms with Gasteiger partial charge in [-0.25, -0.2) is 8.78 Å². The van der Waals surface area contributed by atoms with Crippen molar-refractivity contribution in [3.63, 3.8) is 0 Å². The molecular weight excluding hydrogens is 242 g/mol. The van der Waals surface area contributed by atoms with E-state index in [1.807, 2.05) is 19.0 Å². The molecule has 1 aromatic rings. The Hall–Kier alpha value is -1.85. The average Bonchev–Trinajstić information content (AvgIpc) is 2.34. The Kier molecular flexibility index (Phi) is 4.88. The van der Waals surface area contributed by atoms with Crippen LogP contribution < -0.4 is 15.0 Å². The summed E-state index contributed by atoms with van der Waals surface area (Å²) < 4.78 is 29.1. The third-order valence-electron chi connectivity index (χ3n) is 2.37. The minimum Gasteiger partial charge on any atom is -0.487 e. The van der Waals surface area contributed by atoms with Crippen LogP contribution in [-0.4, -0.2) is 40.5 Å². The zero-order chi connectivity index (χ0) is 13.7. The fourth-order valence-corrected chi connectivity index (χ4v) is 1.52. The molecule has 18 heavy (non-hydrogen) atoms. The first kappa shape index (κ1) is 14.2. The number of hydrogen-bond acceptors (Lipinski definition) is 4. The predicted molar refractivity (Wildman–Crippen MR) is 67.2 cm³/mol. The smallest absolute Gasteiger partial charge is 0.272 e. The quantitative estimate of drug-likeness (QED) is 0.795. The van der Waals surface area contributed by atoms with Crippen LogP contribution in [0.2, 0.25) is 0 Å². The second-order valence-corrected chi connectivity index (χ2v) is 3.87. The topological polar surface area (TPSA) is 41.6 Å². The second-order valence-electron chi connectivity index (χ2n) is 3.87. The van der Waals surface area contributed by atoms with Crippen molar-refractivity contribution < 1.29 is 18.3 Å². The molecule has 0 aromatic heterocycles. The maximum absolute atomic E-state index is 12.1. The van der Waals surface area contributed by atoms with Crippen molar-refractivity contribution >= 4 is 17.7 Å². The zero-order valence-electron chi connectivity index (χ0n) is 10.5. The van der Waals surface area contributed by atoms with E-state index in [-0.39, 0.29) is 11.3 Å². The number of rotatable bonds is 6. The molecule has 1 rings (SSSR count). The zero-order valence-corrected chi connectivity index (χ0v) is 10.5. The number of ether oxygens (including phenoxy) is 1. The molecule has 0 fully saturated rings. The van der Waals surface area contributed by atoms with Gasteiger partial charge in [0.2, 0.25) is 0 Å². The highest BCUT2D eigenvalue weighted by Gasteiger charge is 2.13. The number of carbonyl (C=O) groups excluding carboxylic acids is 1.